The van der Waals surface area contributed by atoms with E-state index < -0.39 is 5.97 Å². The number of aliphatic hydroxyl groups excluding tert-OH is 1. The van der Waals surface area contributed by atoms with E-state index in [-0.39, 0.29) is 35.7 Å². The normalized spacial score (nSPS) is 6.78. The van der Waals surface area contributed by atoms with Gasteiger partial charge in [0.2, 0.25) is 0 Å². The summed E-state index contributed by atoms with van der Waals surface area (Å²) >= 11 is 0. The number of carboxylic acid groups (broad SMARTS) is 1. The van der Waals surface area contributed by atoms with Crippen LogP contribution in [0.2, 0.25) is 0 Å². The Morgan fingerprint density at radius 3 is 1.56 bits per heavy atom. The summed E-state index contributed by atoms with van der Waals surface area (Å²) in [5.41, 5.74) is 0. The molecule has 0 aliphatic carbocycles. The minimum Gasteiger partial charge on any atom is -0.550 e. The van der Waals surface area contributed by atoms with Gasteiger partial charge in [-0.25, -0.2) is 0 Å². The standard InChI is InChI=1S/C3H8O.C2H4O2.Na/c1-3(2)4;1-2(3)4;/h3-4H,1-2H3;1H3,(H,3,4);/q;;+1/p-1. The average Bonchev–Trinajstić information content (AvgIpc) is 1.25. The van der Waals surface area contributed by atoms with E-state index in [1.54, 1.807) is 13.8 Å². The maximum absolute atomic E-state index is 8.89. The Morgan fingerprint density at radius 2 is 1.56 bits per heavy atom. The zero-order valence-electron chi connectivity index (χ0n) is 6.34. The van der Waals surface area contributed by atoms with Crippen molar-refractivity contribution < 1.29 is 44.6 Å². The van der Waals surface area contributed by atoms with E-state index in [1.807, 2.05) is 0 Å². The van der Waals surface area contributed by atoms with Crippen molar-refractivity contribution in [3.05, 3.63) is 0 Å². The van der Waals surface area contributed by atoms with Crippen LogP contribution in [0.4, 0.5) is 0 Å². The fourth-order valence-corrected chi connectivity index (χ4v) is 0. The summed E-state index contributed by atoms with van der Waals surface area (Å²) in [7, 11) is 0. The molecule has 0 aliphatic heterocycles. The summed E-state index contributed by atoms with van der Waals surface area (Å²) in [6.45, 7) is 4.42. The van der Waals surface area contributed by atoms with E-state index >= 15 is 0 Å². The first-order chi connectivity index (χ1) is 3.46. The molecule has 0 aromatic rings. The summed E-state index contributed by atoms with van der Waals surface area (Å²) in [4.78, 5) is 8.89. The first kappa shape index (κ1) is 16.2. The van der Waals surface area contributed by atoms with Crippen LogP contribution in [0.25, 0.3) is 0 Å². The third-order valence-corrected chi connectivity index (χ3v) is 0. The second-order valence-electron chi connectivity index (χ2n) is 1.59. The van der Waals surface area contributed by atoms with Crippen LogP contribution >= 0.6 is 0 Å². The summed E-state index contributed by atoms with van der Waals surface area (Å²) in [6, 6.07) is 0. The molecule has 0 fully saturated rings. The molecule has 3 nitrogen and oxygen atoms in total. The predicted molar refractivity (Wildman–Crippen MR) is 28.0 cm³/mol. The van der Waals surface area contributed by atoms with Crippen LogP contribution in [0.3, 0.4) is 0 Å². The molecule has 50 valence electrons. The zero-order valence-corrected chi connectivity index (χ0v) is 8.34. The molecule has 4 heteroatoms. The summed E-state index contributed by atoms with van der Waals surface area (Å²) < 4.78 is 0. The van der Waals surface area contributed by atoms with Gasteiger partial charge in [-0.15, -0.1) is 0 Å². The number of carbonyl (C=O) groups excluding carboxylic acids is 1. The van der Waals surface area contributed by atoms with Crippen molar-refractivity contribution in [2.24, 2.45) is 0 Å². The van der Waals surface area contributed by atoms with Crippen LogP contribution in [0.1, 0.15) is 20.8 Å². The van der Waals surface area contributed by atoms with Gasteiger partial charge in [-0.3, -0.25) is 0 Å². The van der Waals surface area contributed by atoms with Gasteiger partial charge >= 0.3 is 29.6 Å². The number of rotatable bonds is 0. The van der Waals surface area contributed by atoms with E-state index in [9.17, 15) is 0 Å². The Morgan fingerprint density at radius 1 is 1.56 bits per heavy atom. The topological polar surface area (TPSA) is 60.4 Å². The second kappa shape index (κ2) is 11.3. The molecule has 0 atom stereocenters. The van der Waals surface area contributed by atoms with Crippen LogP contribution < -0.4 is 34.7 Å². The number of hydrogen-bond acceptors (Lipinski definition) is 3. The van der Waals surface area contributed by atoms with Crippen LogP contribution in [-0.2, 0) is 4.79 Å². The Kier molecular flexibility index (Phi) is 20.3. The number of carbonyl (C=O) groups is 1. The van der Waals surface area contributed by atoms with Crippen LogP contribution in [0, 0.1) is 0 Å². The van der Waals surface area contributed by atoms with E-state index in [0.29, 0.717) is 0 Å². The fraction of sp³-hybridized carbons (Fsp3) is 0.800. The van der Waals surface area contributed by atoms with Gasteiger partial charge in [-0.2, -0.15) is 0 Å². The quantitative estimate of drug-likeness (QED) is 0.352. The van der Waals surface area contributed by atoms with E-state index in [1.165, 1.54) is 0 Å². The number of carboxylic acids is 1. The van der Waals surface area contributed by atoms with Crippen molar-refractivity contribution in [3.8, 4) is 0 Å². The first-order valence-corrected chi connectivity index (χ1v) is 2.32. The van der Waals surface area contributed by atoms with Crippen molar-refractivity contribution in [2.45, 2.75) is 26.9 Å². The van der Waals surface area contributed by atoms with Gasteiger partial charge in [-0.1, -0.05) is 0 Å². The smallest absolute Gasteiger partial charge is 0.550 e. The van der Waals surface area contributed by atoms with Crippen LogP contribution in [0.5, 0.6) is 0 Å². The molecule has 0 rings (SSSR count). The molecule has 0 unspecified atom stereocenters. The molecule has 0 bridgehead atoms. The molecule has 0 spiro atoms. The molecule has 0 heterocycles. The van der Waals surface area contributed by atoms with Gasteiger partial charge in [0.05, 0.1) is 0 Å². The third kappa shape index (κ3) is 1890. The molecule has 0 aromatic carbocycles. The SMILES string of the molecule is CC(=O)[O-].CC(C)O.[Na+]. The van der Waals surface area contributed by atoms with E-state index in [0.717, 1.165) is 6.92 Å². The molecule has 9 heavy (non-hydrogen) atoms. The van der Waals surface area contributed by atoms with Crippen molar-refractivity contribution in [1.82, 2.24) is 0 Å². The predicted octanol–water partition coefficient (Wildman–Crippen LogP) is -3.85. The molecule has 0 aliphatic rings. The molecule has 0 saturated carbocycles. The number of aliphatic carboxylic acids is 1. The maximum atomic E-state index is 8.89. The largest absolute Gasteiger partial charge is 1.00 e. The van der Waals surface area contributed by atoms with Gasteiger partial charge in [0.25, 0.3) is 0 Å². The van der Waals surface area contributed by atoms with Crippen LogP contribution in [-0.4, -0.2) is 17.2 Å². The van der Waals surface area contributed by atoms with Crippen molar-refractivity contribution in [2.75, 3.05) is 0 Å². The molecule has 0 amide bonds. The Hall–Kier alpha value is 0.430. The van der Waals surface area contributed by atoms with Gasteiger partial charge in [-0.05, 0) is 20.8 Å². The Bertz CT molecular complexity index is 56.5. The summed E-state index contributed by atoms with van der Waals surface area (Å²) in [5.74, 6) is -1.08. The third-order valence-electron chi connectivity index (χ3n) is 0. The van der Waals surface area contributed by atoms with Gasteiger partial charge < -0.3 is 15.0 Å². The van der Waals surface area contributed by atoms with Gasteiger partial charge in [0, 0.05) is 12.1 Å². The van der Waals surface area contributed by atoms with Crippen LogP contribution in [0.15, 0.2) is 0 Å². The number of hydrogen-bond donors (Lipinski definition) is 1. The molecule has 0 saturated heterocycles. The Labute approximate surface area is 77.4 Å². The van der Waals surface area contributed by atoms with Crippen molar-refractivity contribution >= 4 is 5.97 Å². The van der Waals surface area contributed by atoms with Crippen molar-refractivity contribution in [1.29, 1.82) is 0 Å². The maximum Gasteiger partial charge on any atom is 1.00 e. The molecule has 0 aromatic heterocycles. The monoisotopic (exact) mass is 142 g/mol. The summed E-state index contributed by atoms with van der Waals surface area (Å²) in [6.07, 6.45) is -0.167. The number of aliphatic hydroxyl groups is 1. The molecule has 0 radical (unpaired) electrons. The summed E-state index contributed by atoms with van der Waals surface area (Å²) in [5, 5.41) is 16.9. The van der Waals surface area contributed by atoms with Gasteiger partial charge in [0.1, 0.15) is 0 Å². The Balaban J connectivity index is -0.0000000720. The molecule has 1 N–H and O–H groups in total. The minimum atomic E-state index is -1.08. The van der Waals surface area contributed by atoms with Crippen molar-refractivity contribution in [3.63, 3.8) is 0 Å². The fourth-order valence-electron chi connectivity index (χ4n) is 0. The average molecular weight is 142 g/mol. The van der Waals surface area contributed by atoms with E-state index in [4.69, 9.17) is 15.0 Å². The first-order valence-electron chi connectivity index (χ1n) is 2.32. The zero-order chi connectivity index (χ0) is 7.15. The van der Waals surface area contributed by atoms with Gasteiger partial charge in [0.15, 0.2) is 0 Å². The van der Waals surface area contributed by atoms with E-state index in [2.05, 4.69) is 0 Å². The minimum absolute atomic E-state index is 0. The molecular weight excluding hydrogens is 131 g/mol. The second-order valence-corrected chi connectivity index (χ2v) is 1.59. The molecular formula is C5H11NaO3.